The molecule has 8 heteroatoms. The maximum Gasteiger partial charge on any atom is 0.257 e. The van der Waals surface area contributed by atoms with Crippen LogP contribution in [-0.4, -0.2) is 73.5 Å². The summed E-state index contributed by atoms with van der Waals surface area (Å²) in [6.45, 7) is 13.7. The smallest absolute Gasteiger partial charge is 0.257 e. The second kappa shape index (κ2) is 7.74. The summed E-state index contributed by atoms with van der Waals surface area (Å²) in [7, 11) is -3.53. The Balaban J connectivity index is 1.88. The third kappa shape index (κ3) is 4.76. The number of hydrogen-bond donors (Lipinski definition) is 2. The third-order valence-corrected chi connectivity index (χ3v) is 5.79. The zero-order valence-electron chi connectivity index (χ0n) is 14.5. The predicted octanol–water partition coefficient (Wildman–Crippen LogP) is 0.837. The molecule has 0 bridgehead atoms. The Morgan fingerprint density at radius 2 is 1.91 bits per heavy atom. The average Bonchev–Trinajstić information content (AvgIpc) is 3.04. The molecule has 23 heavy (non-hydrogen) atoms. The molecular weight excluding hydrogens is 314 g/mol. The van der Waals surface area contributed by atoms with Crippen LogP contribution in [0.2, 0.25) is 0 Å². The lowest BCUT2D eigenvalue weighted by molar-refractivity contribution is 0.107. The molecule has 1 aromatic rings. The second-order valence-corrected chi connectivity index (χ2v) is 8.19. The molecule has 1 aliphatic heterocycles. The molecule has 1 saturated heterocycles. The summed E-state index contributed by atoms with van der Waals surface area (Å²) in [6, 6.07) is 0.177. The van der Waals surface area contributed by atoms with Crippen molar-refractivity contribution >= 4 is 10.0 Å². The Kier molecular flexibility index (Phi) is 6.19. The van der Waals surface area contributed by atoms with Gasteiger partial charge in [-0.2, -0.15) is 0 Å². The van der Waals surface area contributed by atoms with E-state index < -0.39 is 10.0 Å². The molecule has 0 aromatic carbocycles. The fraction of sp³-hybridized carbons (Fsp3) is 0.800. The first kappa shape index (κ1) is 18.4. The lowest BCUT2D eigenvalue weighted by atomic mass is 10.2. The molecule has 132 valence electrons. The summed E-state index contributed by atoms with van der Waals surface area (Å²) < 4.78 is 27.4. The van der Waals surface area contributed by atoms with Gasteiger partial charge in [0, 0.05) is 44.7 Å². The topological polar surface area (TPSA) is 81.3 Å². The molecule has 7 nitrogen and oxygen atoms in total. The van der Waals surface area contributed by atoms with Crippen LogP contribution < -0.4 is 4.72 Å². The van der Waals surface area contributed by atoms with Crippen molar-refractivity contribution in [1.82, 2.24) is 24.5 Å². The lowest BCUT2D eigenvalue weighted by Gasteiger charge is -2.37. The number of sulfonamides is 1. The largest absolute Gasteiger partial charge is 0.332 e. The molecule has 1 aliphatic rings. The van der Waals surface area contributed by atoms with E-state index in [0.717, 1.165) is 32.7 Å². The first-order valence-corrected chi connectivity index (χ1v) is 9.82. The number of aromatic amines is 1. The van der Waals surface area contributed by atoms with Gasteiger partial charge in [0.05, 0.1) is 6.20 Å². The first-order chi connectivity index (χ1) is 10.8. The monoisotopic (exact) mass is 343 g/mol. The van der Waals surface area contributed by atoms with E-state index in [1.807, 2.05) is 13.8 Å². The van der Waals surface area contributed by atoms with Gasteiger partial charge in [0.2, 0.25) is 0 Å². The van der Waals surface area contributed by atoms with Gasteiger partial charge >= 0.3 is 0 Å². The average molecular weight is 343 g/mol. The van der Waals surface area contributed by atoms with Gasteiger partial charge in [-0.1, -0.05) is 20.8 Å². The molecule has 0 amide bonds. The van der Waals surface area contributed by atoms with E-state index in [1.54, 1.807) is 0 Å². The standard InChI is InChI=1S/C15H29N5O2S/c1-5-19-6-8-20(9-7-19)13(4)10-17-23(21,22)14-11-16-15(18-14)12(2)3/h11-13,17H,5-10H2,1-4H3,(H,16,18). The highest BCUT2D eigenvalue weighted by atomic mass is 32.2. The summed E-state index contributed by atoms with van der Waals surface area (Å²) in [4.78, 5) is 11.8. The highest BCUT2D eigenvalue weighted by Gasteiger charge is 2.23. The fourth-order valence-corrected chi connectivity index (χ4v) is 3.75. The Hall–Kier alpha value is -0.960. The van der Waals surface area contributed by atoms with Gasteiger partial charge in [0.25, 0.3) is 10.0 Å². The minimum absolute atomic E-state index is 0.143. The summed E-state index contributed by atoms with van der Waals surface area (Å²) in [5.41, 5.74) is 0. The highest BCUT2D eigenvalue weighted by molar-refractivity contribution is 7.89. The van der Waals surface area contributed by atoms with Crippen LogP contribution in [-0.2, 0) is 10.0 Å². The molecule has 1 unspecified atom stereocenters. The van der Waals surface area contributed by atoms with E-state index in [4.69, 9.17) is 0 Å². The van der Waals surface area contributed by atoms with E-state index in [0.29, 0.717) is 12.4 Å². The third-order valence-electron chi connectivity index (χ3n) is 4.45. The number of hydrogen-bond acceptors (Lipinski definition) is 5. The van der Waals surface area contributed by atoms with Gasteiger partial charge in [-0.25, -0.2) is 18.1 Å². The van der Waals surface area contributed by atoms with Crippen LogP contribution in [0.25, 0.3) is 0 Å². The summed E-state index contributed by atoms with van der Waals surface area (Å²) in [5, 5.41) is 0.143. The fourth-order valence-electron chi connectivity index (χ4n) is 2.71. The van der Waals surface area contributed by atoms with Crippen LogP contribution in [0, 0.1) is 0 Å². The van der Waals surface area contributed by atoms with E-state index >= 15 is 0 Å². The normalized spacial score (nSPS) is 19.3. The van der Waals surface area contributed by atoms with Crippen LogP contribution >= 0.6 is 0 Å². The van der Waals surface area contributed by atoms with E-state index in [9.17, 15) is 8.42 Å². The molecule has 0 aliphatic carbocycles. The summed E-state index contributed by atoms with van der Waals surface area (Å²) >= 11 is 0. The number of nitrogens with one attached hydrogen (secondary N) is 2. The molecule has 2 heterocycles. The number of aromatic nitrogens is 2. The van der Waals surface area contributed by atoms with Gasteiger partial charge < -0.3 is 9.88 Å². The minimum Gasteiger partial charge on any atom is -0.332 e. The van der Waals surface area contributed by atoms with Crippen molar-refractivity contribution in [2.45, 2.75) is 44.7 Å². The number of piperazine rings is 1. The van der Waals surface area contributed by atoms with Crippen molar-refractivity contribution in [2.24, 2.45) is 0 Å². The Morgan fingerprint density at radius 3 is 2.43 bits per heavy atom. The molecular formula is C15H29N5O2S. The Morgan fingerprint density at radius 1 is 1.26 bits per heavy atom. The van der Waals surface area contributed by atoms with Crippen LogP contribution in [0.4, 0.5) is 0 Å². The SMILES string of the molecule is CCN1CCN(C(C)CNS(=O)(=O)c2cnc(C(C)C)[nH]2)CC1. The zero-order valence-corrected chi connectivity index (χ0v) is 15.4. The Bertz CT molecular complexity index is 591. The number of H-pyrrole nitrogens is 1. The zero-order chi connectivity index (χ0) is 17.0. The van der Waals surface area contributed by atoms with Crippen LogP contribution in [0.15, 0.2) is 11.2 Å². The summed E-state index contributed by atoms with van der Waals surface area (Å²) in [6.07, 6.45) is 1.39. The quantitative estimate of drug-likeness (QED) is 0.767. The second-order valence-electron chi connectivity index (χ2n) is 6.46. The van der Waals surface area contributed by atoms with E-state index in [1.165, 1.54) is 6.20 Å². The Labute approximate surface area is 139 Å². The van der Waals surface area contributed by atoms with Gasteiger partial charge in [-0.3, -0.25) is 4.90 Å². The van der Waals surface area contributed by atoms with Crippen molar-refractivity contribution in [2.75, 3.05) is 39.3 Å². The van der Waals surface area contributed by atoms with Crippen LogP contribution in [0.1, 0.15) is 39.4 Å². The van der Waals surface area contributed by atoms with Crippen LogP contribution in [0.5, 0.6) is 0 Å². The van der Waals surface area contributed by atoms with E-state index in [-0.39, 0.29) is 17.0 Å². The van der Waals surface area contributed by atoms with Gasteiger partial charge in [-0.15, -0.1) is 0 Å². The van der Waals surface area contributed by atoms with Gasteiger partial charge in [0.1, 0.15) is 5.82 Å². The highest BCUT2D eigenvalue weighted by Crippen LogP contribution is 2.13. The lowest BCUT2D eigenvalue weighted by Crippen LogP contribution is -2.52. The van der Waals surface area contributed by atoms with Gasteiger partial charge in [-0.05, 0) is 13.5 Å². The molecule has 0 radical (unpaired) electrons. The van der Waals surface area contributed by atoms with Crippen molar-refractivity contribution in [3.8, 4) is 0 Å². The number of rotatable bonds is 7. The first-order valence-electron chi connectivity index (χ1n) is 8.34. The van der Waals surface area contributed by atoms with Crippen LogP contribution in [0.3, 0.4) is 0 Å². The molecule has 2 N–H and O–H groups in total. The maximum atomic E-state index is 12.3. The molecule has 1 fully saturated rings. The summed E-state index contributed by atoms with van der Waals surface area (Å²) in [5.74, 6) is 0.863. The molecule has 0 spiro atoms. The molecule has 1 aromatic heterocycles. The van der Waals surface area contributed by atoms with Crippen molar-refractivity contribution in [3.05, 3.63) is 12.0 Å². The van der Waals surface area contributed by atoms with Crippen molar-refractivity contribution in [3.63, 3.8) is 0 Å². The number of nitrogens with zero attached hydrogens (tertiary/aromatic N) is 3. The predicted molar refractivity (Wildman–Crippen MR) is 91.0 cm³/mol. The number of likely N-dealkylation sites (N-methyl/N-ethyl adjacent to an activating group) is 1. The van der Waals surface area contributed by atoms with Crippen molar-refractivity contribution in [1.29, 1.82) is 0 Å². The number of imidazole rings is 1. The molecule has 0 saturated carbocycles. The maximum absolute atomic E-state index is 12.3. The molecule has 1 atom stereocenters. The molecule has 2 rings (SSSR count). The van der Waals surface area contributed by atoms with E-state index in [2.05, 4.69) is 38.3 Å². The minimum atomic E-state index is -3.53. The van der Waals surface area contributed by atoms with Crippen molar-refractivity contribution < 1.29 is 8.42 Å². The van der Waals surface area contributed by atoms with Gasteiger partial charge in [0.15, 0.2) is 5.03 Å².